The second-order valence-electron chi connectivity index (χ2n) is 1.17. The lowest BCUT2D eigenvalue weighted by molar-refractivity contribution is -0.134. The molecule has 0 heterocycles. The zero-order valence-corrected chi connectivity index (χ0v) is 5.46. The summed E-state index contributed by atoms with van der Waals surface area (Å²) in [5, 5.41) is 0. The van der Waals surface area contributed by atoms with Crippen LogP contribution in [0.25, 0.3) is 0 Å². The molecule has 0 saturated heterocycles. The highest BCUT2D eigenvalue weighted by molar-refractivity contribution is 5.82. The van der Waals surface area contributed by atoms with Gasteiger partial charge in [-0.1, -0.05) is 0 Å². The second-order valence-corrected chi connectivity index (χ2v) is 1.17. The first kappa shape index (κ1) is 11.4. The Balaban J connectivity index is 0. The maximum Gasteiger partial charge on any atom is 0.330 e. The van der Waals surface area contributed by atoms with E-state index in [1.165, 1.54) is 19.1 Å². The van der Waals surface area contributed by atoms with Crippen LogP contribution in [0.15, 0.2) is 18.2 Å². The third-order valence-corrected chi connectivity index (χ3v) is 0.598. The molecule has 56 valence electrons. The van der Waals surface area contributed by atoms with Gasteiger partial charge in [0.2, 0.25) is 0 Å². The van der Waals surface area contributed by atoms with Crippen molar-refractivity contribution in [2.45, 2.75) is 0 Å². The Bertz CT molecular complexity index is 165. The maximum atomic E-state index is 10.2. The minimum absolute atomic E-state index is 0. The lowest BCUT2D eigenvalue weighted by Crippen LogP contribution is -1.92. The number of carbonyl (C=O) groups is 1. The summed E-state index contributed by atoms with van der Waals surface area (Å²) in [6, 6.07) is 0. The van der Waals surface area contributed by atoms with Crippen molar-refractivity contribution in [2.75, 3.05) is 7.11 Å². The van der Waals surface area contributed by atoms with Gasteiger partial charge in [-0.05, 0) is 6.08 Å². The normalized spacial score (nSPS) is 7.70. The molecule has 0 aromatic carbocycles. The molecule has 0 rings (SSSR count). The van der Waals surface area contributed by atoms with Gasteiger partial charge in [0.1, 0.15) is 5.94 Å². The zero-order valence-electron chi connectivity index (χ0n) is 5.46. The van der Waals surface area contributed by atoms with Crippen molar-refractivity contribution in [2.24, 2.45) is 0 Å². The number of esters is 1. The van der Waals surface area contributed by atoms with E-state index in [1.807, 2.05) is 0 Å². The molecule has 0 aliphatic heterocycles. The highest BCUT2D eigenvalue weighted by Crippen LogP contribution is 1.76. The van der Waals surface area contributed by atoms with Crippen molar-refractivity contribution in [1.82, 2.24) is 0 Å². The fourth-order valence-electron chi connectivity index (χ4n) is 0.234. The van der Waals surface area contributed by atoms with Gasteiger partial charge in [-0.3, -0.25) is 0 Å². The Morgan fingerprint density at radius 1 is 1.60 bits per heavy atom. The van der Waals surface area contributed by atoms with Crippen LogP contribution in [0.1, 0.15) is 0 Å². The summed E-state index contributed by atoms with van der Waals surface area (Å²) >= 11 is 0. The van der Waals surface area contributed by atoms with Gasteiger partial charge in [-0.25, -0.2) is 9.59 Å². The lowest BCUT2D eigenvalue weighted by atomic mass is 10.5. The third kappa shape index (κ3) is 6.62. The zero-order chi connectivity index (χ0) is 7.11. The fraction of sp³-hybridized carbons (Fsp3) is 0.167. The highest BCUT2D eigenvalue weighted by atomic mass is 16.5. The van der Waals surface area contributed by atoms with Gasteiger partial charge in [0, 0.05) is 12.2 Å². The molecule has 0 aromatic rings. The number of allylic oxidation sites excluding steroid dienone is 2. The van der Waals surface area contributed by atoms with Gasteiger partial charge in [0.15, 0.2) is 0 Å². The van der Waals surface area contributed by atoms with Crippen LogP contribution in [0, 0.1) is 0 Å². The molecular weight excluding hydrogens is 136 g/mol. The smallest absolute Gasteiger partial charge is 0.330 e. The van der Waals surface area contributed by atoms with Crippen LogP contribution in [0.2, 0.25) is 0 Å². The first-order chi connectivity index (χ1) is 4.31. The Hall–Kier alpha value is -1.38. The number of ether oxygens (including phenoxy) is 1. The minimum atomic E-state index is -0.485. The van der Waals surface area contributed by atoms with Gasteiger partial charge in [0.25, 0.3) is 0 Å². The number of methoxy groups -OCH3 is 1. The monoisotopic (exact) mass is 144 g/mol. The van der Waals surface area contributed by atoms with E-state index in [0.29, 0.717) is 0 Å². The highest BCUT2D eigenvalue weighted by Gasteiger charge is 1.85. The summed E-state index contributed by atoms with van der Waals surface area (Å²) in [6.07, 6.45) is 3.47. The Morgan fingerprint density at radius 2 is 2.20 bits per heavy atom. The lowest BCUT2D eigenvalue weighted by Gasteiger charge is -1.84. The van der Waals surface area contributed by atoms with E-state index < -0.39 is 5.97 Å². The molecule has 0 fully saturated rings. The van der Waals surface area contributed by atoms with Gasteiger partial charge >= 0.3 is 5.97 Å². The Labute approximate surface area is 58.1 Å². The van der Waals surface area contributed by atoms with E-state index in [0.717, 1.165) is 12.2 Å². The van der Waals surface area contributed by atoms with Gasteiger partial charge in [-0.15, -0.1) is 0 Å². The van der Waals surface area contributed by atoms with Crippen LogP contribution in [0.3, 0.4) is 0 Å². The SMILES string of the molecule is COC(=O)C=CC=C=O.O. The molecule has 0 radical (unpaired) electrons. The van der Waals surface area contributed by atoms with E-state index in [4.69, 9.17) is 0 Å². The fourth-order valence-corrected chi connectivity index (χ4v) is 0.234. The van der Waals surface area contributed by atoms with Crippen molar-refractivity contribution >= 4 is 11.9 Å². The molecule has 4 heteroatoms. The molecule has 0 bridgehead atoms. The van der Waals surface area contributed by atoms with Crippen LogP contribution >= 0.6 is 0 Å². The van der Waals surface area contributed by atoms with Gasteiger partial charge in [0.05, 0.1) is 7.11 Å². The summed E-state index contributed by atoms with van der Waals surface area (Å²) in [5.74, 6) is 0.993. The molecule has 2 N–H and O–H groups in total. The average Bonchev–Trinajstić information content (AvgIpc) is 1.89. The van der Waals surface area contributed by atoms with Crippen molar-refractivity contribution < 1.29 is 19.8 Å². The molecule has 4 nitrogen and oxygen atoms in total. The van der Waals surface area contributed by atoms with Crippen LogP contribution in [0.5, 0.6) is 0 Å². The summed E-state index contributed by atoms with van der Waals surface area (Å²) in [7, 11) is 1.26. The Morgan fingerprint density at radius 3 is 2.60 bits per heavy atom. The largest absolute Gasteiger partial charge is 0.466 e. The third-order valence-electron chi connectivity index (χ3n) is 0.598. The Kier molecular flexibility index (Phi) is 8.70. The molecular formula is C6H8O4. The summed E-state index contributed by atoms with van der Waals surface area (Å²) < 4.78 is 4.22. The number of carbonyl (C=O) groups excluding carboxylic acids is 2. The maximum absolute atomic E-state index is 10.2. The summed E-state index contributed by atoms with van der Waals surface area (Å²) in [5.41, 5.74) is 0. The quantitative estimate of drug-likeness (QED) is 0.222. The molecule has 0 aliphatic carbocycles. The minimum Gasteiger partial charge on any atom is -0.466 e. The van der Waals surface area contributed by atoms with E-state index in [2.05, 4.69) is 4.74 Å². The number of rotatable bonds is 2. The van der Waals surface area contributed by atoms with Crippen molar-refractivity contribution in [1.29, 1.82) is 0 Å². The molecule has 0 amide bonds. The predicted octanol–water partition coefficient (Wildman–Crippen LogP) is -0.721. The van der Waals surface area contributed by atoms with E-state index >= 15 is 0 Å². The summed E-state index contributed by atoms with van der Waals surface area (Å²) in [4.78, 5) is 19.7. The van der Waals surface area contributed by atoms with Gasteiger partial charge in [-0.2, -0.15) is 0 Å². The average molecular weight is 144 g/mol. The predicted molar refractivity (Wildman–Crippen MR) is 35.0 cm³/mol. The van der Waals surface area contributed by atoms with Crippen molar-refractivity contribution in [3.8, 4) is 0 Å². The molecule has 0 saturated carbocycles. The first-order valence-corrected chi connectivity index (χ1v) is 2.26. The van der Waals surface area contributed by atoms with Crippen molar-refractivity contribution in [3.63, 3.8) is 0 Å². The molecule has 0 atom stereocenters. The van der Waals surface area contributed by atoms with Crippen molar-refractivity contribution in [3.05, 3.63) is 18.2 Å². The molecule has 0 aromatic heterocycles. The first-order valence-electron chi connectivity index (χ1n) is 2.26. The standard InChI is InChI=1S/C6H6O3.H2O/c1-9-6(8)4-2-3-5-7;/h2-4H,1H3;1H2. The molecule has 0 unspecified atom stereocenters. The van der Waals surface area contributed by atoms with Crippen LogP contribution in [-0.4, -0.2) is 24.5 Å². The number of hydrogen-bond acceptors (Lipinski definition) is 3. The molecule has 0 spiro atoms. The summed E-state index contributed by atoms with van der Waals surface area (Å²) in [6.45, 7) is 0. The van der Waals surface area contributed by atoms with E-state index in [-0.39, 0.29) is 5.48 Å². The van der Waals surface area contributed by atoms with Crippen LogP contribution in [0.4, 0.5) is 0 Å². The molecule has 10 heavy (non-hydrogen) atoms. The van der Waals surface area contributed by atoms with E-state index in [1.54, 1.807) is 0 Å². The van der Waals surface area contributed by atoms with Crippen LogP contribution in [-0.2, 0) is 14.3 Å². The van der Waals surface area contributed by atoms with Crippen LogP contribution < -0.4 is 0 Å². The van der Waals surface area contributed by atoms with Gasteiger partial charge < -0.3 is 10.2 Å². The van der Waals surface area contributed by atoms with E-state index in [9.17, 15) is 9.59 Å². The number of hydrogen-bond donors (Lipinski definition) is 0. The molecule has 0 aliphatic rings. The second kappa shape index (κ2) is 7.62. The topological polar surface area (TPSA) is 74.9 Å².